The molecule has 0 spiro atoms. The van der Waals surface area contributed by atoms with E-state index in [1.807, 2.05) is 18.7 Å². The molecule has 0 unspecified atom stereocenters. The fraction of sp³-hybridized carbons (Fsp3) is 0.800. The van der Waals surface area contributed by atoms with Gasteiger partial charge >= 0.3 is 5.69 Å². The summed E-state index contributed by atoms with van der Waals surface area (Å²) in [5.41, 5.74) is -0.125. The van der Waals surface area contributed by atoms with Gasteiger partial charge in [-0.2, -0.15) is 5.10 Å². The summed E-state index contributed by atoms with van der Waals surface area (Å²) < 4.78 is 3.11. The Morgan fingerprint density at radius 3 is 2.76 bits per heavy atom. The molecule has 1 aliphatic heterocycles. The zero-order valence-corrected chi connectivity index (χ0v) is 12.9. The summed E-state index contributed by atoms with van der Waals surface area (Å²) >= 11 is 0. The van der Waals surface area contributed by atoms with Crippen molar-refractivity contribution in [3.05, 3.63) is 16.3 Å². The number of nitrogens with zero attached hydrogens (tertiary/aromatic N) is 4. The molecule has 0 atom stereocenters. The van der Waals surface area contributed by atoms with Crippen LogP contribution in [0.25, 0.3) is 0 Å². The van der Waals surface area contributed by atoms with E-state index in [0.29, 0.717) is 6.04 Å². The highest BCUT2D eigenvalue weighted by molar-refractivity contribution is 5.76. The molecular weight excluding hydrogens is 268 g/mol. The molecule has 1 amide bonds. The molecule has 0 aromatic carbocycles. The SMILES string of the molecule is CC(C)N(C(=O)Cn1nc2n(c1=O)CCCCC2)C1CC1. The van der Waals surface area contributed by atoms with Crippen molar-refractivity contribution < 1.29 is 4.79 Å². The van der Waals surface area contributed by atoms with E-state index in [4.69, 9.17) is 0 Å². The Morgan fingerprint density at radius 1 is 1.33 bits per heavy atom. The van der Waals surface area contributed by atoms with Crippen LogP contribution in [0.2, 0.25) is 0 Å². The highest BCUT2D eigenvalue weighted by Crippen LogP contribution is 2.28. The van der Waals surface area contributed by atoms with E-state index in [9.17, 15) is 9.59 Å². The standard InChI is InChI=1S/C15H24N4O2/c1-11(2)19(12-7-8-12)14(20)10-18-15(21)17-9-5-3-4-6-13(17)16-18/h11-12H,3-10H2,1-2H3. The van der Waals surface area contributed by atoms with Gasteiger partial charge in [0, 0.05) is 25.0 Å². The molecule has 2 aliphatic rings. The molecule has 0 bridgehead atoms. The quantitative estimate of drug-likeness (QED) is 0.837. The van der Waals surface area contributed by atoms with E-state index >= 15 is 0 Å². The summed E-state index contributed by atoms with van der Waals surface area (Å²) in [6.07, 6.45) is 6.24. The maximum atomic E-state index is 12.5. The molecule has 0 radical (unpaired) electrons. The van der Waals surface area contributed by atoms with Gasteiger partial charge in [0.05, 0.1) is 0 Å². The second kappa shape index (κ2) is 5.66. The van der Waals surface area contributed by atoms with E-state index in [0.717, 1.165) is 50.9 Å². The molecule has 0 N–H and O–H groups in total. The van der Waals surface area contributed by atoms with Crippen molar-refractivity contribution in [2.45, 2.75) is 77.5 Å². The van der Waals surface area contributed by atoms with Gasteiger partial charge in [-0.15, -0.1) is 0 Å². The highest BCUT2D eigenvalue weighted by Gasteiger charge is 2.34. The number of fused-ring (bicyclic) bond motifs is 1. The lowest BCUT2D eigenvalue weighted by molar-refractivity contribution is -0.134. The minimum Gasteiger partial charge on any atom is -0.336 e. The molecule has 2 heterocycles. The molecule has 116 valence electrons. The largest absolute Gasteiger partial charge is 0.346 e. The van der Waals surface area contributed by atoms with Crippen molar-refractivity contribution in [1.82, 2.24) is 19.2 Å². The minimum atomic E-state index is -0.125. The van der Waals surface area contributed by atoms with Crippen molar-refractivity contribution in [2.75, 3.05) is 0 Å². The molecule has 21 heavy (non-hydrogen) atoms. The predicted octanol–water partition coefficient (Wildman–Crippen LogP) is 1.17. The van der Waals surface area contributed by atoms with E-state index < -0.39 is 0 Å². The summed E-state index contributed by atoms with van der Waals surface area (Å²) in [5.74, 6) is 0.857. The lowest BCUT2D eigenvalue weighted by atomic mass is 10.2. The average molecular weight is 292 g/mol. The second-order valence-electron chi connectivity index (χ2n) is 6.44. The van der Waals surface area contributed by atoms with Gasteiger partial charge in [-0.25, -0.2) is 9.48 Å². The van der Waals surface area contributed by atoms with Crippen LogP contribution in [0.1, 0.15) is 51.8 Å². The highest BCUT2D eigenvalue weighted by atomic mass is 16.2. The third-order valence-corrected chi connectivity index (χ3v) is 4.35. The van der Waals surface area contributed by atoms with Crippen LogP contribution in [0.3, 0.4) is 0 Å². The van der Waals surface area contributed by atoms with E-state index in [1.165, 1.54) is 4.68 Å². The zero-order chi connectivity index (χ0) is 15.0. The Balaban J connectivity index is 1.78. The van der Waals surface area contributed by atoms with Crippen LogP contribution in [0.5, 0.6) is 0 Å². The molecule has 1 fully saturated rings. The number of carbonyl (C=O) groups excluding carboxylic acids is 1. The van der Waals surface area contributed by atoms with Gasteiger partial charge in [0.25, 0.3) is 0 Å². The zero-order valence-electron chi connectivity index (χ0n) is 12.9. The van der Waals surface area contributed by atoms with E-state index in [2.05, 4.69) is 5.10 Å². The number of amides is 1. The van der Waals surface area contributed by atoms with Gasteiger partial charge in [0.15, 0.2) is 0 Å². The van der Waals surface area contributed by atoms with Crippen LogP contribution < -0.4 is 5.69 Å². The number of hydrogen-bond acceptors (Lipinski definition) is 3. The predicted molar refractivity (Wildman–Crippen MR) is 79.0 cm³/mol. The Morgan fingerprint density at radius 2 is 2.10 bits per heavy atom. The molecule has 6 nitrogen and oxygen atoms in total. The van der Waals surface area contributed by atoms with Crippen LogP contribution in [0.4, 0.5) is 0 Å². The van der Waals surface area contributed by atoms with Crippen molar-refractivity contribution in [1.29, 1.82) is 0 Å². The molecule has 1 aromatic heterocycles. The summed E-state index contributed by atoms with van der Waals surface area (Å²) in [5, 5.41) is 4.39. The second-order valence-corrected chi connectivity index (χ2v) is 6.44. The Kier molecular flexibility index (Phi) is 3.87. The fourth-order valence-electron chi connectivity index (χ4n) is 3.20. The summed E-state index contributed by atoms with van der Waals surface area (Å²) in [6, 6.07) is 0.551. The minimum absolute atomic E-state index is 0.0165. The van der Waals surface area contributed by atoms with Crippen molar-refractivity contribution in [2.24, 2.45) is 0 Å². The van der Waals surface area contributed by atoms with Crippen LogP contribution in [0.15, 0.2) is 4.79 Å². The number of rotatable bonds is 4. The van der Waals surface area contributed by atoms with Gasteiger partial charge in [0.1, 0.15) is 12.4 Å². The monoisotopic (exact) mass is 292 g/mol. The first-order chi connectivity index (χ1) is 10.1. The fourth-order valence-corrected chi connectivity index (χ4v) is 3.20. The molecule has 6 heteroatoms. The maximum absolute atomic E-state index is 12.5. The lowest BCUT2D eigenvalue weighted by Gasteiger charge is -2.26. The molecule has 3 rings (SSSR count). The molecule has 1 aliphatic carbocycles. The number of carbonyl (C=O) groups is 1. The molecule has 1 saturated carbocycles. The van der Waals surface area contributed by atoms with Gasteiger partial charge < -0.3 is 4.90 Å². The molecular formula is C15H24N4O2. The van der Waals surface area contributed by atoms with Crippen molar-refractivity contribution in [3.8, 4) is 0 Å². The lowest BCUT2D eigenvalue weighted by Crippen LogP contribution is -2.42. The van der Waals surface area contributed by atoms with Crippen LogP contribution >= 0.6 is 0 Å². The Bertz CT molecular complexity index is 581. The van der Waals surface area contributed by atoms with E-state index in [-0.39, 0.29) is 24.2 Å². The number of aromatic nitrogens is 3. The van der Waals surface area contributed by atoms with Gasteiger partial charge in [-0.1, -0.05) is 6.42 Å². The normalized spacial score (nSPS) is 18.4. The van der Waals surface area contributed by atoms with Gasteiger partial charge in [-0.05, 0) is 39.5 Å². The van der Waals surface area contributed by atoms with Crippen molar-refractivity contribution >= 4 is 5.91 Å². The van der Waals surface area contributed by atoms with Crippen molar-refractivity contribution in [3.63, 3.8) is 0 Å². The summed E-state index contributed by atoms with van der Waals surface area (Å²) in [7, 11) is 0. The third-order valence-electron chi connectivity index (χ3n) is 4.35. The van der Waals surface area contributed by atoms with Gasteiger partial charge in [-0.3, -0.25) is 9.36 Å². The maximum Gasteiger partial charge on any atom is 0.346 e. The molecule has 0 saturated heterocycles. The van der Waals surface area contributed by atoms with Gasteiger partial charge in [0.2, 0.25) is 5.91 Å². The summed E-state index contributed by atoms with van der Waals surface area (Å²) in [6.45, 7) is 4.87. The van der Waals surface area contributed by atoms with Crippen LogP contribution in [0, 0.1) is 0 Å². The topological polar surface area (TPSA) is 60.1 Å². The first-order valence-electron chi connectivity index (χ1n) is 8.05. The average Bonchev–Trinajstić information content (AvgIpc) is 3.21. The first-order valence-corrected chi connectivity index (χ1v) is 8.05. The number of aryl methyl sites for hydroxylation is 1. The first kappa shape index (κ1) is 14.4. The Labute approximate surface area is 124 Å². The van der Waals surface area contributed by atoms with Crippen LogP contribution in [-0.4, -0.2) is 37.2 Å². The molecule has 1 aromatic rings. The third kappa shape index (κ3) is 2.89. The summed E-state index contributed by atoms with van der Waals surface area (Å²) in [4.78, 5) is 26.8. The van der Waals surface area contributed by atoms with Crippen LogP contribution in [-0.2, 0) is 24.3 Å². The smallest absolute Gasteiger partial charge is 0.336 e. The number of hydrogen-bond donors (Lipinski definition) is 0. The Hall–Kier alpha value is -1.59. The van der Waals surface area contributed by atoms with E-state index in [1.54, 1.807) is 4.57 Å².